The van der Waals surface area contributed by atoms with Crippen LogP contribution in [-0.4, -0.2) is 72.2 Å². The number of amides is 4. The largest absolute Gasteiger partial charge is 0.465 e. The first-order valence-electron chi connectivity index (χ1n) is 13.8. The molecule has 0 unspecified atom stereocenters. The number of carbonyl (C=O) groups is 3. The third-order valence-corrected chi connectivity index (χ3v) is 8.35. The lowest BCUT2D eigenvalue weighted by molar-refractivity contribution is -0.143. The smallest absolute Gasteiger partial charge is 0.416 e. The van der Waals surface area contributed by atoms with Gasteiger partial charge in [0.2, 0.25) is 5.91 Å². The first kappa shape index (κ1) is 32.9. The number of anilines is 1. The highest BCUT2D eigenvalue weighted by Gasteiger charge is 2.43. The first-order valence-corrected chi connectivity index (χ1v) is 13.8. The molecular weight excluding hydrogens is 601 g/mol. The lowest BCUT2D eigenvalue weighted by Gasteiger charge is -2.33. The maximum absolute atomic E-state index is 13.7. The van der Waals surface area contributed by atoms with E-state index in [9.17, 15) is 45.1 Å². The fraction of sp³-hybridized carbons (Fsp3) is 0.483. The van der Waals surface area contributed by atoms with E-state index in [4.69, 9.17) is 5.11 Å². The van der Waals surface area contributed by atoms with Crippen molar-refractivity contribution in [2.75, 3.05) is 32.1 Å². The first-order chi connectivity index (χ1) is 20.5. The van der Waals surface area contributed by atoms with Crippen molar-refractivity contribution in [3.8, 4) is 0 Å². The standard InChI is InChI=1S/C29H31F7N4O4/c1-38(22-12-18(28(31,32)33)11-19(13-22)29(34,35)36)27(44)39(2)24-15-40(14-23(24)16-3-7-20(30)8-4-16)25(41)17-5-9-21(10-6-17)37-26(42)43/h3-4,7-8,11-13,17,21,23-24,37H,5-6,9-10,14-15H2,1-2H3,(H,42,43)/t17?,21?,23-,24+/m0/s1. The fourth-order valence-electron chi connectivity index (χ4n) is 5.94. The summed E-state index contributed by atoms with van der Waals surface area (Å²) in [7, 11) is 2.40. The Hall–Kier alpha value is -4.04. The average Bonchev–Trinajstić information content (AvgIpc) is 3.40. The van der Waals surface area contributed by atoms with Crippen molar-refractivity contribution >= 4 is 23.7 Å². The molecule has 4 amide bonds. The molecular formula is C29H31F7N4O4. The Morgan fingerprint density at radius 3 is 1.91 bits per heavy atom. The molecule has 1 aliphatic heterocycles. The van der Waals surface area contributed by atoms with Gasteiger partial charge < -0.3 is 20.2 Å². The molecule has 0 bridgehead atoms. The van der Waals surface area contributed by atoms with Gasteiger partial charge in [-0.05, 0) is 61.6 Å². The van der Waals surface area contributed by atoms with Crippen molar-refractivity contribution in [3.05, 3.63) is 65.0 Å². The summed E-state index contributed by atoms with van der Waals surface area (Å²) in [6.07, 6.45) is -9.57. The molecule has 44 heavy (non-hydrogen) atoms. The number of hydrogen-bond donors (Lipinski definition) is 2. The molecule has 2 aromatic rings. The van der Waals surface area contributed by atoms with Gasteiger partial charge in [0.05, 0.1) is 17.2 Å². The van der Waals surface area contributed by atoms with Crippen molar-refractivity contribution in [1.29, 1.82) is 0 Å². The Balaban J connectivity index is 1.58. The second-order valence-electron chi connectivity index (χ2n) is 11.2. The number of likely N-dealkylation sites (tertiary alicyclic amines) is 1. The van der Waals surface area contributed by atoms with E-state index in [1.165, 1.54) is 36.2 Å². The topological polar surface area (TPSA) is 93.2 Å². The molecule has 2 aliphatic rings. The third-order valence-electron chi connectivity index (χ3n) is 8.35. The molecule has 15 heteroatoms. The fourth-order valence-corrected chi connectivity index (χ4v) is 5.94. The van der Waals surface area contributed by atoms with E-state index in [1.807, 2.05) is 0 Å². The Morgan fingerprint density at radius 2 is 1.41 bits per heavy atom. The van der Waals surface area contributed by atoms with Crippen molar-refractivity contribution in [1.82, 2.24) is 15.1 Å². The molecule has 0 spiro atoms. The van der Waals surface area contributed by atoms with Gasteiger partial charge in [-0.15, -0.1) is 0 Å². The maximum Gasteiger partial charge on any atom is 0.416 e. The highest BCUT2D eigenvalue weighted by Crippen LogP contribution is 2.39. The third kappa shape index (κ3) is 7.36. The lowest BCUT2D eigenvalue weighted by atomic mass is 9.85. The second-order valence-corrected chi connectivity index (χ2v) is 11.2. The highest BCUT2D eigenvalue weighted by molar-refractivity contribution is 5.92. The number of likely N-dealkylation sites (N-methyl/N-ethyl adjacent to an activating group) is 1. The quantitative estimate of drug-likeness (QED) is 0.386. The summed E-state index contributed by atoms with van der Waals surface area (Å²) in [5.74, 6) is -1.67. The zero-order chi connectivity index (χ0) is 32.6. The molecule has 0 radical (unpaired) electrons. The number of carboxylic acid groups (broad SMARTS) is 1. The zero-order valence-corrected chi connectivity index (χ0v) is 23.8. The van der Waals surface area contributed by atoms with Crippen LogP contribution in [0.4, 0.5) is 46.0 Å². The van der Waals surface area contributed by atoms with Crippen molar-refractivity contribution in [2.45, 2.75) is 56.0 Å². The second kappa shape index (κ2) is 12.5. The van der Waals surface area contributed by atoms with Crippen LogP contribution in [0.2, 0.25) is 0 Å². The maximum atomic E-state index is 13.7. The number of alkyl halides is 6. The number of benzene rings is 2. The van der Waals surface area contributed by atoms with Crippen LogP contribution in [-0.2, 0) is 17.1 Å². The number of nitrogens with zero attached hydrogens (tertiary/aromatic N) is 3. The summed E-state index contributed by atoms with van der Waals surface area (Å²) in [6, 6.07) is 4.36. The van der Waals surface area contributed by atoms with E-state index in [1.54, 1.807) is 4.90 Å². The minimum absolute atomic E-state index is 0.0145. The molecule has 4 rings (SSSR count). The van der Waals surface area contributed by atoms with E-state index in [-0.39, 0.29) is 31.1 Å². The Morgan fingerprint density at radius 1 is 0.864 bits per heavy atom. The molecule has 1 saturated carbocycles. The minimum Gasteiger partial charge on any atom is -0.465 e. The number of hydrogen-bond acceptors (Lipinski definition) is 3. The van der Waals surface area contributed by atoms with Crippen molar-refractivity contribution in [3.63, 3.8) is 0 Å². The number of carbonyl (C=O) groups excluding carboxylic acids is 2. The van der Waals surface area contributed by atoms with E-state index >= 15 is 0 Å². The van der Waals surface area contributed by atoms with Crippen LogP contribution in [0.15, 0.2) is 42.5 Å². The normalized spacial score (nSPS) is 22.4. The molecule has 1 heterocycles. The van der Waals surface area contributed by atoms with Gasteiger partial charge in [0, 0.05) is 50.7 Å². The van der Waals surface area contributed by atoms with Gasteiger partial charge in [0.1, 0.15) is 5.82 Å². The van der Waals surface area contributed by atoms with Crippen molar-refractivity contribution in [2.24, 2.45) is 5.92 Å². The van der Waals surface area contributed by atoms with Crippen LogP contribution in [0.25, 0.3) is 0 Å². The Bertz CT molecular complexity index is 1340. The van der Waals surface area contributed by atoms with Crippen molar-refractivity contribution < 1.29 is 50.2 Å². The lowest BCUT2D eigenvalue weighted by Crippen LogP contribution is -2.48. The van der Waals surface area contributed by atoms with E-state index in [2.05, 4.69) is 5.32 Å². The Kier molecular flexibility index (Phi) is 9.35. The number of nitrogens with one attached hydrogen (secondary N) is 1. The molecule has 2 aromatic carbocycles. The van der Waals surface area contributed by atoms with Gasteiger partial charge in [-0.1, -0.05) is 12.1 Å². The molecule has 2 fully saturated rings. The summed E-state index contributed by atoms with van der Waals surface area (Å²) in [4.78, 5) is 41.4. The number of urea groups is 1. The predicted molar refractivity (Wildman–Crippen MR) is 144 cm³/mol. The van der Waals surface area contributed by atoms with Gasteiger partial charge in [-0.2, -0.15) is 26.3 Å². The van der Waals surface area contributed by atoms with Gasteiger partial charge in [-0.25, -0.2) is 14.0 Å². The summed E-state index contributed by atoms with van der Waals surface area (Å²) in [5.41, 5.74) is -3.18. The van der Waals surface area contributed by atoms with E-state index < -0.39 is 65.0 Å². The molecule has 0 aromatic heterocycles. The van der Waals surface area contributed by atoms with Crippen LogP contribution in [0.3, 0.4) is 0 Å². The predicted octanol–water partition coefficient (Wildman–Crippen LogP) is 6.17. The van der Waals surface area contributed by atoms with Crippen LogP contribution in [0, 0.1) is 11.7 Å². The van der Waals surface area contributed by atoms with Gasteiger partial charge in [0.15, 0.2) is 0 Å². The minimum atomic E-state index is -5.10. The molecule has 2 N–H and O–H groups in total. The monoisotopic (exact) mass is 632 g/mol. The Labute approximate surface area is 248 Å². The number of halogens is 7. The van der Waals surface area contributed by atoms with Gasteiger partial charge >= 0.3 is 24.5 Å². The summed E-state index contributed by atoms with van der Waals surface area (Å²) >= 11 is 0. The molecule has 240 valence electrons. The van der Waals surface area contributed by atoms with Crippen LogP contribution < -0.4 is 10.2 Å². The molecule has 2 atom stereocenters. The highest BCUT2D eigenvalue weighted by atomic mass is 19.4. The molecule has 1 aliphatic carbocycles. The molecule has 8 nitrogen and oxygen atoms in total. The summed E-state index contributed by atoms with van der Waals surface area (Å²) in [6.45, 7) is 0.145. The van der Waals surface area contributed by atoms with E-state index in [0.717, 1.165) is 7.05 Å². The van der Waals surface area contributed by atoms with Gasteiger partial charge in [0.25, 0.3) is 0 Å². The molecule has 1 saturated heterocycles. The van der Waals surface area contributed by atoms with Crippen LogP contribution in [0.5, 0.6) is 0 Å². The van der Waals surface area contributed by atoms with E-state index in [0.29, 0.717) is 48.3 Å². The summed E-state index contributed by atoms with van der Waals surface area (Å²) < 4.78 is 94.4. The summed E-state index contributed by atoms with van der Waals surface area (Å²) in [5, 5.41) is 11.4. The average molecular weight is 633 g/mol. The SMILES string of the molecule is CN(C(=O)N(C)[C@@H]1CN(C(=O)C2CCC(NC(=O)O)CC2)C[C@H]1c1ccc(F)cc1)c1cc(C(F)(F)F)cc(C(F)(F)F)c1. The van der Waals surface area contributed by atoms with Gasteiger partial charge in [-0.3, -0.25) is 9.69 Å². The number of rotatable bonds is 5. The zero-order valence-electron chi connectivity index (χ0n) is 23.8. The van der Waals surface area contributed by atoms with Crippen LogP contribution in [0.1, 0.15) is 48.3 Å². The van der Waals surface area contributed by atoms with Crippen LogP contribution >= 0.6 is 0 Å².